The summed E-state index contributed by atoms with van der Waals surface area (Å²) in [5, 5.41) is 2.71. The SMILES string of the molecule is CC(C)(C)OC(=O)NCC#Cc1cc(F)ncc1Cl. The smallest absolute Gasteiger partial charge is 0.408 e. The van der Waals surface area contributed by atoms with Crippen LogP contribution >= 0.6 is 11.6 Å². The van der Waals surface area contributed by atoms with E-state index in [-0.39, 0.29) is 11.6 Å². The molecule has 0 unspecified atom stereocenters. The maximum Gasteiger partial charge on any atom is 0.408 e. The van der Waals surface area contributed by atoms with E-state index in [0.717, 1.165) is 6.07 Å². The molecule has 0 bridgehead atoms. The van der Waals surface area contributed by atoms with Crippen molar-refractivity contribution in [1.82, 2.24) is 10.3 Å². The quantitative estimate of drug-likeness (QED) is 0.637. The van der Waals surface area contributed by atoms with E-state index in [1.807, 2.05) is 0 Å². The minimum Gasteiger partial charge on any atom is -0.444 e. The fraction of sp³-hybridized carbons (Fsp3) is 0.385. The Bertz CT molecular complexity index is 530. The predicted octanol–water partition coefficient (Wildman–Crippen LogP) is 2.75. The van der Waals surface area contributed by atoms with Gasteiger partial charge in [-0.25, -0.2) is 9.78 Å². The number of rotatable bonds is 1. The van der Waals surface area contributed by atoms with Gasteiger partial charge in [0.1, 0.15) is 5.60 Å². The molecule has 1 aromatic rings. The van der Waals surface area contributed by atoms with Gasteiger partial charge in [-0.15, -0.1) is 0 Å². The third kappa shape index (κ3) is 6.07. The van der Waals surface area contributed by atoms with Crippen LogP contribution in [0.25, 0.3) is 0 Å². The van der Waals surface area contributed by atoms with Gasteiger partial charge in [-0.1, -0.05) is 23.4 Å². The number of nitrogens with zero attached hydrogens (tertiary/aromatic N) is 1. The molecule has 1 N–H and O–H groups in total. The third-order valence-corrected chi connectivity index (χ3v) is 2.07. The van der Waals surface area contributed by atoms with Gasteiger partial charge in [0.15, 0.2) is 0 Å². The molecular weight excluding hydrogens is 271 g/mol. The summed E-state index contributed by atoms with van der Waals surface area (Å²) >= 11 is 5.78. The first-order valence-corrected chi connectivity index (χ1v) is 5.92. The van der Waals surface area contributed by atoms with Crippen LogP contribution in [0.15, 0.2) is 12.3 Å². The Kier molecular flexibility index (Phi) is 5.13. The first kappa shape index (κ1) is 15.3. The average Bonchev–Trinajstić information content (AvgIpc) is 2.26. The number of hydrogen-bond acceptors (Lipinski definition) is 3. The van der Waals surface area contributed by atoms with Gasteiger partial charge in [0.05, 0.1) is 11.6 Å². The second-order valence-corrected chi connectivity index (χ2v) is 5.05. The Morgan fingerprint density at radius 3 is 2.89 bits per heavy atom. The molecule has 0 aliphatic rings. The van der Waals surface area contributed by atoms with Crippen molar-refractivity contribution in [1.29, 1.82) is 0 Å². The van der Waals surface area contributed by atoms with E-state index in [4.69, 9.17) is 16.3 Å². The Balaban J connectivity index is 2.52. The molecule has 19 heavy (non-hydrogen) atoms. The van der Waals surface area contributed by atoms with Gasteiger partial charge < -0.3 is 10.1 Å². The van der Waals surface area contributed by atoms with Crippen LogP contribution < -0.4 is 5.32 Å². The van der Waals surface area contributed by atoms with Crippen LogP contribution in [0.2, 0.25) is 5.02 Å². The second-order valence-electron chi connectivity index (χ2n) is 4.64. The minimum atomic E-state index is -0.659. The van der Waals surface area contributed by atoms with Gasteiger partial charge in [0.25, 0.3) is 0 Å². The van der Waals surface area contributed by atoms with E-state index in [2.05, 4.69) is 22.1 Å². The monoisotopic (exact) mass is 284 g/mol. The summed E-state index contributed by atoms with van der Waals surface area (Å²) in [6.07, 6.45) is 0.621. The molecule has 4 nitrogen and oxygen atoms in total. The molecule has 102 valence electrons. The minimum absolute atomic E-state index is 0.0786. The molecule has 0 fully saturated rings. The number of alkyl carbamates (subject to hydrolysis) is 1. The summed E-state index contributed by atoms with van der Waals surface area (Å²) in [7, 11) is 0. The standard InChI is InChI=1S/C13H14ClFN2O2/c1-13(2,3)19-12(18)16-6-4-5-9-7-11(15)17-8-10(9)14/h7-8H,6H2,1-3H3,(H,16,18). The largest absolute Gasteiger partial charge is 0.444 e. The molecule has 0 aliphatic heterocycles. The Labute approximate surface area is 116 Å². The number of carbonyl (C=O) groups excluding carboxylic acids is 1. The average molecular weight is 285 g/mol. The normalized spacial score (nSPS) is 10.4. The van der Waals surface area contributed by atoms with E-state index in [1.54, 1.807) is 20.8 Å². The maximum atomic E-state index is 12.8. The zero-order chi connectivity index (χ0) is 14.5. The zero-order valence-corrected chi connectivity index (χ0v) is 11.6. The lowest BCUT2D eigenvalue weighted by Crippen LogP contribution is -2.32. The molecule has 1 amide bonds. The maximum absolute atomic E-state index is 12.8. The lowest BCUT2D eigenvalue weighted by Gasteiger charge is -2.18. The summed E-state index contributed by atoms with van der Waals surface area (Å²) < 4.78 is 17.9. The van der Waals surface area contributed by atoms with Gasteiger partial charge >= 0.3 is 6.09 Å². The Morgan fingerprint density at radius 2 is 2.26 bits per heavy atom. The number of halogens is 2. The molecule has 6 heteroatoms. The molecule has 0 aliphatic carbocycles. The van der Waals surface area contributed by atoms with Gasteiger partial charge in [-0.05, 0) is 20.8 Å². The van der Waals surface area contributed by atoms with Gasteiger partial charge in [0.2, 0.25) is 5.95 Å². The second kappa shape index (κ2) is 6.39. The third-order valence-electron chi connectivity index (χ3n) is 1.77. The molecule has 1 rings (SSSR count). The van der Waals surface area contributed by atoms with Crippen molar-refractivity contribution in [3.63, 3.8) is 0 Å². The number of nitrogens with one attached hydrogen (secondary N) is 1. The van der Waals surface area contributed by atoms with Crippen LogP contribution in [-0.4, -0.2) is 23.2 Å². The van der Waals surface area contributed by atoms with Crippen LogP contribution in [0.5, 0.6) is 0 Å². The van der Waals surface area contributed by atoms with Gasteiger partial charge in [-0.3, -0.25) is 0 Å². The van der Waals surface area contributed by atoms with Crippen molar-refractivity contribution < 1.29 is 13.9 Å². The fourth-order valence-electron chi connectivity index (χ4n) is 1.08. The number of hydrogen-bond donors (Lipinski definition) is 1. The van der Waals surface area contributed by atoms with E-state index in [0.29, 0.717) is 5.56 Å². The summed E-state index contributed by atoms with van der Waals surface area (Å²) in [4.78, 5) is 14.7. The first-order chi connectivity index (χ1) is 8.78. The molecule has 0 aromatic carbocycles. The topological polar surface area (TPSA) is 51.2 Å². The van der Waals surface area contributed by atoms with E-state index < -0.39 is 17.6 Å². The summed E-state index contributed by atoms with van der Waals surface area (Å²) in [6.45, 7) is 5.36. The Morgan fingerprint density at radius 1 is 1.58 bits per heavy atom. The van der Waals surface area contributed by atoms with Crippen molar-refractivity contribution in [3.05, 3.63) is 28.8 Å². The molecule has 1 heterocycles. The van der Waals surface area contributed by atoms with Gasteiger partial charge in [0, 0.05) is 17.8 Å². The number of ether oxygens (including phenoxy) is 1. The molecule has 0 saturated carbocycles. The summed E-state index contributed by atoms with van der Waals surface area (Å²) in [5.41, 5.74) is -0.241. The lowest BCUT2D eigenvalue weighted by molar-refractivity contribution is 0.0535. The molecule has 0 spiro atoms. The van der Waals surface area contributed by atoms with Crippen molar-refractivity contribution >= 4 is 17.7 Å². The van der Waals surface area contributed by atoms with Crippen LogP contribution in [0.1, 0.15) is 26.3 Å². The van der Waals surface area contributed by atoms with E-state index in [1.165, 1.54) is 6.20 Å². The summed E-state index contributed by atoms with van der Waals surface area (Å²) in [5.74, 6) is 4.63. The number of amides is 1. The number of pyridine rings is 1. The highest BCUT2D eigenvalue weighted by molar-refractivity contribution is 6.31. The first-order valence-electron chi connectivity index (χ1n) is 5.55. The Hall–Kier alpha value is -1.80. The molecule has 0 radical (unpaired) electrons. The van der Waals surface area contributed by atoms with Crippen molar-refractivity contribution in [3.8, 4) is 11.8 Å². The van der Waals surface area contributed by atoms with Crippen LogP contribution in [0.4, 0.5) is 9.18 Å². The highest BCUT2D eigenvalue weighted by Crippen LogP contribution is 2.13. The highest BCUT2D eigenvalue weighted by atomic mass is 35.5. The molecule has 0 atom stereocenters. The molecule has 1 aromatic heterocycles. The summed E-state index contributed by atoms with van der Waals surface area (Å²) in [6, 6.07) is 1.13. The van der Waals surface area contributed by atoms with Crippen LogP contribution in [0.3, 0.4) is 0 Å². The van der Waals surface area contributed by atoms with Crippen molar-refractivity contribution in [2.75, 3.05) is 6.54 Å². The predicted molar refractivity (Wildman–Crippen MR) is 70.3 cm³/mol. The molecule has 0 saturated heterocycles. The number of aromatic nitrogens is 1. The lowest BCUT2D eigenvalue weighted by atomic mass is 10.2. The van der Waals surface area contributed by atoms with E-state index >= 15 is 0 Å². The highest BCUT2D eigenvalue weighted by Gasteiger charge is 2.14. The fourth-order valence-corrected chi connectivity index (χ4v) is 1.23. The van der Waals surface area contributed by atoms with Crippen LogP contribution in [-0.2, 0) is 4.74 Å². The van der Waals surface area contributed by atoms with Crippen molar-refractivity contribution in [2.45, 2.75) is 26.4 Å². The van der Waals surface area contributed by atoms with Gasteiger partial charge in [-0.2, -0.15) is 4.39 Å². The van der Waals surface area contributed by atoms with E-state index in [9.17, 15) is 9.18 Å². The van der Waals surface area contributed by atoms with Crippen molar-refractivity contribution in [2.24, 2.45) is 0 Å². The zero-order valence-electron chi connectivity index (χ0n) is 10.9. The number of carbonyl (C=O) groups is 1. The van der Waals surface area contributed by atoms with Crippen LogP contribution in [0, 0.1) is 17.8 Å². The molecular formula is C13H14ClFN2O2.